The lowest BCUT2D eigenvalue weighted by Gasteiger charge is -2.29. The number of amides is 1. The topological polar surface area (TPSA) is 131 Å². The molecule has 0 heterocycles. The highest BCUT2D eigenvalue weighted by Gasteiger charge is 2.25. The Balaban J connectivity index is 1.24. The van der Waals surface area contributed by atoms with Crippen LogP contribution in [0, 0.1) is 0 Å². The summed E-state index contributed by atoms with van der Waals surface area (Å²) in [5.74, 6) is 0.640. The summed E-state index contributed by atoms with van der Waals surface area (Å²) in [6, 6.07) is 20.7. The molecule has 0 aliphatic heterocycles. The van der Waals surface area contributed by atoms with E-state index in [1.165, 1.54) is 6.07 Å². The molecule has 10 heteroatoms. The molecule has 0 saturated heterocycles. The number of benzene rings is 3. The van der Waals surface area contributed by atoms with Crippen molar-refractivity contribution in [2.45, 2.75) is 51.2 Å². The number of carbonyl (C=O) groups excluding carboxylic acids is 1. The van der Waals surface area contributed by atoms with Crippen molar-refractivity contribution in [1.29, 1.82) is 0 Å². The minimum absolute atomic E-state index is 0.0278. The third-order valence-electron chi connectivity index (χ3n) is 6.48. The Morgan fingerprint density at radius 1 is 0.872 bits per heavy atom. The maximum absolute atomic E-state index is 12.4. The fourth-order valence-electron chi connectivity index (χ4n) is 4.38. The van der Waals surface area contributed by atoms with Gasteiger partial charge in [-0.1, -0.05) is 24.3 Å². The summed E-state index contributed by atoms with van der Waals surface area (Å²) in [6.45, 7) is 1.63. The van der Waals surface area contributed by atoms with E-state index in [4.69, 9.17) is 9.47 Å². The van der Waals surface area contributed by atoms with Crippen LogP contribution in [-0.4, -0.2) is 43.3 Å². The van der Waals surface area contributed by atoms with Gasteiger partial charge in [0.1, 0.15) is 17.2 Å². The molecule has 1 amide bonds. The van der Waals surface area contributed by atoms with Crippen molar-refractivity contribution in [2.75, 3.05) is 11.1 Å². The van der Waals surface area contributed by atoms with E-state index in [-0.39, 0.29) is 41.5 Å². The Morgan fingerprint density at radius 3 is 2.08 bits per heavy atom. The molecule has 0 unspecified atom stereocenters. The van der Waals surface area contributed by atoms with Crippen LogP contribution in [0.5, 0.6) is 17.2 Å². The number of anilines is 1. The number of hydrogen-bond donors (Lipinski definition) is 3. The monoisotopic (exact) mass is 552 g/mol. The van der Waals surface area contributed by atoms with Crippen molar-refractivity contribution >= 4 is 27.6 Å². The zero-order valence-corrected chi connectivity index (χ0v) is 22.4. The van der Waals surface area contributed by atoms with Crippen LogP contribution < -0.4 is 19.5 Å². The van der Waals surface area contributed by atoms with Crippen molar-refractivity contribution in [2.24, 2.45) is 0 Å². The third-order valence-corrected chi connectivity index (χ3v) is 7.93. The predicted octanol–water partition coefficient (Wildman–Crippen LogP) is 4.99. The minimum atomic E-state index is -3.19. The summed E-state index contributed by atoms with van der Waals surface area (Å²) < 4.78 is 38.3. The van der Waals surface area contributed by atoms with Crippen molar-refractivity contribution < 1.29 is 32.6 Å². The second-order valence-corrected chi connectivity index (χ2v) is 11.4. The van der Waals surface area contributed by atoms with Gasteiger partial charge < -0.3 is 19.9 Å². The molecule has 1 aliphatic rings. The van der Waals surface area contributed by atoms with Gasteiger partial charge in [-0.2, -0.15) is 0 Å². The molecule has 1 fully saturated rings. The van der Waals surface area contributed by atoms with Crippen LogP contribution in [0.25, 0.3) is 0 Å². The zero-order chi connectivity index (χ0) is 27.8. The normalized spacial score (nSPS) is 17.3. The van der Waals surface area contributed by atoms with Gasteiger partial charge in [0.15, 0.2) is 0 Å². The highest BCUT2D eigenvalue weighted by atomic mass is 32.2. The average Bonchev–Trinajstić information content (AvgIpc) is 2.92. The van der Waals surface area contributed by atoms with Gasteiger partial charge in [0.2, 0.25) is 15.9 Å². The largest absolute Gasteiger partial charge is 0.490 e. The Hall–Kier alpha value is -3.89. The van der Waals surface area contributed by atoms with Crippen LogP contribution in [-0.2, 0) is 21.2 Å². The maximum atomic E-state index is 12.4. The fraction of sp³-hybridized carbons (Fsp3) is 0.310. The number of hydrogen-bond acceptors (Lipinski definition) is 6. The number of aromatic carboxylic acids is 1. The van der Waals surface area contributed by atoms with Crippen LogP contribution >= 0.6 is 0 Å². The van der Waals surface area contributed by atoms with Gasteiger partial charge in [-0.3, -0.25) is 4.79 Å². The van der Waals surface area contributed by atoms with E-state index in [0.29, 0.717) is 11.5 Å². The lowest BCUT2D eigenvalue weighted by Crippen LogP contribution is -2.40. The molecule has 0 radical (unpaired) electrons. The molecule has 0 bridgehead atoms. The summed E-state index contributed by atoms with van der Waals surface area (Å²) in [7, 11) is -3.19. The van der Waals surface area contributed by atoms with E-state index in [9.17, 15) is 23.1 Å². The van der Waals surface area contributed by atoms with Crippen molar-refractivity contribution in [3.05, 3.63) is 83.9 Å². The van der Waals surface area contributed by atoms with Crippen molar-refractivity contribution in [3.63, 3.8) is 0 Å². The average molecular weight is 553 g/mol. The van der Waals surface area contributed by atoms with Crippen molar-refractivity contribution in [1.82, 2.24) is 4.72 Å². The van der Waals surface area contributed by atoms with Crippen LogP contribution in [0.4, 0.5) is 5.69 Å². The number of para-hydroxylation sites is 1. The van der Waals surface area contributed by atoms with Crippen LogP contribution in [0.15, 0.2) is 72.8 Å². The molecule has 9 nitrogen and oxygen atoms in total. The quantitative estimate of drug-likeness (QED) is 0.305. The molecular weight excluding hydrogens is 520 g/mol. The minimum Gasteiger partial charge on any atom is -0.490 e. The molecule has 1 aliphatic carbocycles. The molecule has 0 spiro atoms. The van der Waals surface area contributed by atoms with E-state index in [0.717, 1.165) is 37.0 Å². The first-order valence-electron chi connectivity index (χ1n) is 12.9. The zero-order valence-electron chi connectivity index (χ0n) is 21.6. The summed E-state index contributed by atoms with van der Waals surface area (Å²) in [5, 5.41) is 11.9. The maximum Gasteiger partial charge on any atom is 0.337 e. The summed E-state index contributed by atoms with van der Waals surface area (Å²) in [4.78, 5) is 23.7. The van der Waals surface area contributed by atoms with E-state index < -0.39 is 16.0 Å². The van der Waals surface area contributed by atoms with E-state index >= 15 is 0 Å². The predicted molar refractivity (Wildman–Crippen MR) is 148 cm³/mol. The summed E-state index contributed by atoms with van der Waals surface area (Å²) in [5.41, 5.74) is 1.05. The first kappa shape index (κ1) is 28.1. The second kappa shape index (κ2) is 12.8. The van der Waals surface area contributed by atoms with Gasteiger partial charge in [-0.25, -0.2) is 17.9 Å². The van der Waals surface area contributed by atoms with E-state index in [1.54, 1.807) is 49.4 Å². The smallest absolute Gasteiger partial charge is 0.337 e. The molecule has 0 atom stereocenters. The molecule has 3 N–H and O–H groups in total. The Bertz CT molecular complexity index is 1380. The standard InChI is InChI=1S/C29H32N2O7S/c1-2-39(35,36)31-21-9-13-23(14-10-21)38-25-17-15-24(16-18-25)37-22-11-7-20(8-12-22)19-28(32)30-27-6-4-3-5-26(27)29(33)34/h3-8,11-12,15-18,21,23,31H,2,9-10,13-14,19H2,1H3,(H,30,32)(H,33,34). The van der Waals surface area contributed by atoms with E-state index in [2.05, 4.69) is 10.0 Å². The SMILES string of the molecule is CCS(=O)(=O)NC1CCC(Oc2ccc(Oc3ccc(CC(=O)Nc4ccccc4C(=O)O)cc3)cc2)CC1. The van der Waals surface area contributed by atoms with Gasteiger partial charge in [-0.05, 0) is 86.7 Å². The number of carbonyl (C=O) groups is 2. The van der Waals surface area contributed by atoms with Gasteiger partial charge in [0.05, 0.1) is 29.5 Å². The highest BCUT2D eigenvalue weighted by molar-refractivity contribution is 7.89. The van der Waals surface area contributed by atoms with Gasteiger partial charge in [0.25, 0.3) is 0 Å². The van der Waals surface area contributed by atoms with Gasteiger partial charge in [-0.15, -0.1) is 0 Å². The molecule has 3 aromatic carbocycles. The number of nitrogens with one attached hydrogen (secondary N) is 2. The van der Waals surface area contributed by atoms with Gasteiger partial charge >= 0.3 is 5.97 Å². The number of sulfonamides is 1. The molecule has 39 heavy (non-hydrogen) atoms. The number of rotatable bonds is 11. The first-order valence-corrected chi connectivity index (χ1v) is 14.5. The number of carboxylic acids is 1. The Morgan fingerprint density at radius 2 is 1.46 bits per heavy atom. The number of carboxylic acid groups (broad SMARTS) is 1. The molecular formula is C29H32N2O7S. The van der Waals surface area contributed by atoms with Crippen molar-refractivity contribution in [3.8, 4) is 17.2 Å². The molecule has 0 aromatic heterocycles. The Kier molecular flexibility index (Phi) is 9.21. The van der Waals surface area contributed by atoms with Crippen LogP contribution in [0.3, 0.4) is 0 Å². The molecule has 1 saturated carbocycles. The van der Waals surface area contributed by atoms with Crippen LogP contribution in [0.1, 0.15) is 48.5 Å². The molecule has 3 aromatic rings. The summed E-state index contributed by atoms with van der Waals surface area (Å²) in [6.07, 6.45) is 3.20. The highest BCUT2D eigenvalue weighted by Crippen LogP contribution is 2.28. The Labute approximate surface area is 228 Å². The lowest BCUT2D eigenvalue weighted by atomic mass is 9.94. The van der Waals surface area contributed by atoms with E-state index in [1.807, 2.05) is 24.3 Å². The third kappa shape index (κ3) is 8.30. The molecule has 4 rings (SSSR count). The second-order valence-electron chi connectivity index (χ2n) is 9.41. The fourth-order valence-corrected chi connectivity index (χ4v) is 5.29. The van der Waals surface area contributed by atoms with Crippen LogP contribution in [0.2, 0.25) is 0 Å². The summed E-state index contributed by atoms with van der Waals surface area (Å²) >= 11 is 0. The number of ether oxygens (including phenoxy) is 2. The lowest BCUT2D eigenvalue weighted by molar-refractivity contribution is -0.115. The van der Waals surface area contributed by atoms with Gasteiger partial charge in [0, 0.05) is 6.04 Å². The first-order chi connectivity index (χ1) is 18.7. The molecule has 206 valence electrons.